The highest BCUT2D eigenvalue weighted by molar-refractivity contribution is 7.89. The predicted octanol–water partition coefficient (Wildman–Crippen LogP) is 0.921. The van der Waals surface area contributed by atoms with Gasteiger partial charge in [-0.05, 0) is 37.5 Å². The third-order valence-electron chi connectivity index (χ3n) is 3.49. The smallest absolute Gasteiger partial charge is 0.240 e. The molecule has 1 aromatic carbocycles. The van der Waals surface area contributed by atoms with Crippen molar-refractivity contribution in [3.8, 4) is 0 Å². The van der Waals surface area contributed by atoms with Crippen LogP contribution in [0.4, 0.5) is 11.4 Å². The number of sulfonamides is 1. The fourth-order valence-electron chi connectivity index (χ4n) is 2.39. The van der Waals surface area contributed by atoms with E-state index in [2.05, 4.69) is 0 Å². The number of nitrogen functional groups attached to an aromatic ring is 1. The van der Waals surface area contributed by atoms with Gasteiger partial charge in [0.05, 0.1) is 11.8 Å². The summed E-state index contributed by atoms with van der Waals surface area (Å²) in [6, 6.07) is 4.78. The Labute approximate surface area is 119 Å². The van der Waals surface area contributed by atoms with E-state index in [-0.39, 0.29) is 16.7 Å². The van der Waals surface area contributed by atoms with Crippen molar-refractivity contribution in [3.05, 3.63) is 18.2 Å². The maximum atomic E-state index is 11.3. The second-order valence-corrected chi connectivity index (χ2v) is 6.67. The predicted molar refractivity (Wildman–Crippen MR) is 79.1 cm³/mol. The Hall–Kier alpha value is -1.31. The van der Waals surface area contributed by atoms with Crippen molar-refractivity contribution in [1.29, 1.82) is 0 Å². The van der Waals surface area contributed by atoms with Crippen molar-refractivity contribution >= 4 is 21.4 Å². The third-order valence-corrected chi connectivity index (χ3v) is 4.48. The quantitative estimate of drug-likeness (QED) is 0.806. The Morgan fingerprint density at radius 2 is 2.15 bits per heavy atom. The standard InChI is InChI=1S/C13H21N3O3S/c1-16(9-11-4-2-3-7-19-11)10-5-6-13(12(14)8-10)20(15,17)18/h5-6,8,11H,2-4,7,9,14H2,1H3,(H2,15,17,18). The highest BCUT2D eigenvalue weighted by Crippen LogP contribution is 2.24. The molecule has 0 aliphatic carbocycles. The summed E-state index contributed by atoms with van der Waals surface area (Å²) in [6.07, 6.45) is 3.57. The van der Waals surface area contributed by atoms with Crippen LogP contribution in [0, 0.1) is 0 Å². The highest BCUT2D eigenvalue weighted by atomic mass is 32.2. The zero-order valence-electron chi connectivity index (χ0n) is 11.6. The van der Waals surface area contributed by atoms with Crippen molar-refractivity contribution in [2.45, 2.75) is 30.3 Å². The molecule has 1 fully saturated rings. The molecule has 1 unspecified atom stereocenters. The summed E-state index contributed by atoms with van der Waals surface area (Å²) in [5.74, 6) is 0. The average Bonchev–Trinajstić information content (AvgIpc) is 2.38. The molecule has 1 saturated heterocycles. The Bertz CT molecular complexity index is 568. The average molecular weight is 299 g/mol. The summed E-state index contributed by atoms with van der Waals surface area (Å²) in [5.41, 5.74) is 6.78. The second-order valence-electron chi connectivity index (χ2n) is 5.14. The summed E-state index contributed by atoms with van der Waals surface area (Å²) in [5, 5.41) is 5.09. The molecule has 0 amide bonds. The lowest BCUT2D eigenvalue weighted by molar-refractivity contribution is 0.0216. The van der Waals surface area contributed by atoms with Crippen LogP contribution in [0.1, 0.15) is 19.3 Å². The van der Waals surface area contributed by atoms with Crippen LogP contribution < -0.4 is 15.8 Å². The molecule has 1 aromatic rings. The maximum Gasteiger partial charge on any atom is 0.240 e. The first-order valence-corrected chi connectivity index (χ1v) is 8.17. The minimum atomic E-state index is -3.77. The number of nitrogens with zero attached hydrogens (tertiary/aromatic N) is 1. The van der Waals surface area contributed by atoms with Crippen molar-refractivity contribution in [1.82, 2.24) is 0 Å². The first-order valence-electron chi connectivity index (χ1n) is 6.63. The molecule has 7 heteroatoms. The fourth-order valence-corrected chi connectivity index (χ4v) is 3.04. The molecule has 20 heavy (non-hydrogen) atoms. The number of hydrogen-bond donors (Lipinski definition) is 2. The van der Waals surface area contributed by atoms with E-state index in [0.29, 0.717) is 0 Å². The minimum absolute atomic E-state index is 0.0384. The van der Waals surface area contributed by atoms with Gasteiger partial charge in [0.25, 0.3) is 0 Å². The highest BCUT2D eigenvalue weighted by Gasteiger charge is 2.18. The van der Waals surface area contributed by atoms with Gasteiger partial charge in [-0.15, -0.1) is 0 Å². The van der Waals surface area contributed by atoms with Crippen molar-refractivity contribution < 1.29 is 13.2 Å². The Balaban J connectivity index is 2.10. The SMILES string of the molecule is CN(CC1CCCCO1)c1ccc(S(N)(=O)=O)c(N)c1. The van der Waals surface area contributed by atoms with Crippen LogP contribution in [0.2, 0.25) is 0 Å². The van der Waals surface area contributed by atoms with Gasteiger partial charge in [0.2, 0.25) is 10.0 Å². The molecule has 112 valence electrons. The Morgan fingerprint density at radius 1 is 1.40 bits per heavy atom. The third kappa shape index (κ3) is 3.62. The van der Waals surface area contributed by atoms with Crippen molar-refractivity contribution in [3.63, 3.8) is 0 Å². The van der Waals surface area contributed by atoms with E-state index >= 15 is 0 Å². The number of likely N-dealkylation sites (N-methyl/N-ethyl adjacent to an activating group) is 1. The number of primary sulfonamides is 1. The molecule has 6 nitrogen and oxygen atoms in total. The van der Waals surface area contributed by atoms with E-state index in [1.807, 2.05) is 11.9 Å². The normalized spacial score (nSPS) is 19.8. The molecule has 2 rings (SSSR count). The van der Waals surface area contributed by atoms with E-state index in [1.54, 1.807) is 12.1 Å². The summed E-state index contributed by atoms with van der Waals surface area (Å²) in [7, 11) is -1.84. The molecule has 0 radical (unpaired) electrons. The molecule has 0 saturated carbocycles. The molecular weight excluding hydrogens is 278 g/mol. The van der Waals surface area contributed by atoms with Crippen LogP contribution >= 0.6 is 0 Å². The topological polar surface area (TPSA) is 98.6 Å². The van der Waals surface area contributed by atoms with E-state index < -0.39 is 10.0 Å². The summed E-state index contributed by atoms with van der Waals surface area (Å²) < 4.78 is 28.3. The molecule has 1 aliphatic rings. The number of rotatable bonds is 4. The molecule has 1 atom stereocenters. The summed E-state index contributed by atoms with van der Waals surface area (Å²) in [6.45, 7) is 1.57. The van der Waals surface area contributed by atoms with E-state index in [4.69, 9.17) is 15.6 Å². The molecule has 1 aliphatic heterocycles. The van der Waals surface area contributed by atoms with Gasteiger partial charge >= 0.3 is 0 Å². The molecule has 0 spiro atoms. The number of ether oxygens (including phenoxy) is 1. The van der Waals surface area contributed by atoms with Gasteiger partial charge in [0.15, 0.2) is 0 Å². The lowest BCUT2D eigenvalue weighted by Gasteiger charge is -2.28. The molecule has 0 bridgehead atoms. The molecule has 0 aromatic heterocycles. The van der Waals surface area contributed by atoms with Crippen LogP contribution in [0.3, 0.4) is 0 Å². The second kappa shape index (κ2) is 5.99. The zero-order valence-corrected chi connectivity index (χ0v) is 12.4. The van der Waals surface area contributed by atoms with Gasteiger partial charge < -0.3 is 15.4 Å². The van der Waals surface area contributed by atoms with Gasteiger partial charge in [0, 0.05) is 25.9 Å². The van der Waals surface area contributed by atoms with Gasteiger partial charge in [-0.1, -0.05) is 0 Å². The zero-order chi connectivity index (χ0) is 14.8. The van der Waals surface area contributed by atoms with Crippen molar-refractivity contribution in [2.75, 3.05) is 30.8 Å². The first-order chi connectivity index (χ1) is 9.38. The van der Waals surface area contributed by atoms with Crippen LogP contribution in [0.25, 0.3) is 0 Å². The largest absolute Gasteiger partial charge is 0.398 e. The first kappa shape index (κ1) is 15.1. The lowest BCUT2D eigenvalue weighted by Crippen LogP contribution is -2.33. The van der Waals surface area contributed by atoms with Crippen LogP contribution in [0.5, 0.6) is 0 Å². The van der Waals surface area contributed by atoms with Crippen LogP contribution in [-0.2, 0) is 14.8 Å². The van der Waals surface area contributed by atoms with E-state index in [9.17, 15) is 8.42 Å². The van der Waals surface area contributed by atoms with Gasteiger partial charge in [-0.25, -0.2) is 13.6 Å². The van der Waals surface area contributed by atoms with Crippen LogP contribution in [0.15, 0.2) is 23.1 Å². The maximum absolute atomic E-state index is 11.3. The lowest BCUT2D eigenvalue weighted by atomic mass is 10.1. The minimum Gasteiger partial charge on any atom is -0.398 e. The van der Waals surface area contributed by atoms with Gasteiger partial charge in [-0.3, -0.25) is 0 Å². The molecule has 4 N–H and O–H groups in total. The fraction of sp³-hybridized carbons (Fsp3) is 0.538. The Kier molecular flexibility index (Phi) is 4.52. The van der Waals surface area contributed by atoms with Gasteiger partial charge in [0.1, 0.15) is 4.90 Å². The van der Waals surface area contributed by atoms with Crippen LogP contribution in [-0.4, -0.2) is 34.7 Å². The number of nitrogens with two attached hydrogens (primary N) is 2. The monoisotopic (exact) mass is 299 g/mol. The van der Waals surface area contributed by atoms with Crippen molar-refractivity contribution in [2.24, 2.45) is 5.14 Å². The number of hydrogen-bond acceptors (Lipinski definition) is 5. The number of benzene rings is 1. The van der Waals surface area contributed by atoms with E-state index in [0.717, 1.165) is 31.7 Å². The van der Waals surface area contributed by atoms with Gasteiger partial charge in [-0.2, -0.15) is 0 Å². The summed E-state index contributed by atoms with van der Waals surface area (Å²) >= 11 is 0. The Morgan fingerprint density at radius 3 is 2.70 bits per heavy atom. The number of anilines is 2. The summed E-state index contributed by atoms with van der Waals surface area (Å²) in [4.78, 5) is 1.97. The van der Waals surface area contributed by atoms with E-state index in [1.165, 1.54) is 12.5 Å². The molecule has 1 heterocycles. The molecular formula is C13H21N3O3S.